The average Bonchev–Trinajstić information content (AvgIpc) is 3.36. The Hall–Kier alpha value is -3.58. The Kier molecular flexibility index (Phi) is 7.31. The molecule has 1 unspecified atom stereocenters. The molecule has 1 fully saturated rings. The Morgan fingerprint density at radius 1 is 1.10 bits per heavy atom. The van der Waals surface area contributed by atoms with Crippen LogP contribution < -0.4 is 16.0 Å². The van der Waals surface area contributed by atoms with Crippen molar-refractivity contribution in [1.82, 2.24) is 5.32 Å². The second kappa shape index (κ2) is 10.4. The monoisotopic (exact) mass is 600 g/mol. The molecule has 3 aromatic rings. The van der Waals surface area contributed by atoms with E-state index in [2.05, 4.69) is 16.0 Å². The van der Waals surface area contributed by atoms with Crippen LogP contribution in [-0.2, 0) is 15.0 Å². The fourth-order valence-electron chi connectivity index (χ4n) is 6.13. The van der Waals surface area contributed by atoms with Gasteiger partial charge in [0.2, 0.25) is 11.8 Å². The lowest BCUT2D eigenvalue weighted by Gasteiger charge is -2.37. The van der Waals surface area contributed by atoms with Crippen LogP contribution in [0.5, 0.6) is 0 Å². The van der Waals surface area contributed by atoms with E-state index in [9.17, 15) is 14.0 Å². The minimum Gasteiger partial charge on any atom is -0.325 e. The number of carbonyl (C=O) groups excluding carboxylic acids is 2. The minimum absolute atomic E-state index is 0.0436. The van der Waals surface area contributed by atoms with Gasteiger partial charge in [-0.15, -0.1) is 0 Å². The molecule has 0 aliphatic carbocycles. The molecule has 2 amide bonds. The zero-order valence-corrected chi connectivity index (χ0v) is 23.7. The number of hydrogen-bond donors (Lipinski definition) is 3. The number of benzene rings is 3. The first-order valence-electron chi connectivity index (χ1n) is 12.8. The summed E-state index contributed by atoms with van der Waals surface area (Å²) in [6.07, 6.45) is 0.273. The van der Waals surface area contributed by atoms with E-state index in [0.29, 0.717) is 0 Å². The quantitative estimate of drug-likeness (QED) is 0.312. The van der Waals surface area contributed by atoms with Crippen molar-refractivity contribution >= 4 is 46.4 Å². The first-order chi connectivity index (χ1) is 19.3. The molecular weight excluding hydrogens is 576 g/mol. The van der Waals surface area contributed by atoms with Gasteiger partial charge in [0, 0.05) is 28.2 Å². The van der Waals surface area contributed by atoms with Crippen molar-refractivity contribution in [3.63, 3.8) is 0 Å². The lowest BCUT2D eigenvalue weighted by molar-refractivity contribution is -0.122. The Labute approximate surface area is 244 Å². The number of anilines is 2. The van der Waals surface area contributed by atoms with E-state index in [1.807, 2.05) is 26.8 Å². The molecule has 1 saturated heterocycles. The van der Waals surface area contributed by atoms with Gasteiger partial charge in [-0.05, 0) is 53.8 Å². The number of halogens is 5. The number of carbonyl (C=O) groups is 2. The molecule has 0 radical (unpaired) electrons. The normalized spacial score (nSPS) is 23.3. The molecule has 4 atom stereocenters. The van der Waals surface area contributed by atoms with Crippen molar-refractivity contribution in [2.45, 2.75) is 50.6 Å². The average molecular weight is 601 g/mol. The van der Waals surface area contributed by atoms with Gasteiger partial charge >= 0.3 is 0 Å². The van der Waals surface area contributed by atoms with Gasteiger partial charge in [-0.25, -0.2) is 13.2 Å². The molecule has 6 nitrogen and oxygen atoms in total. The Morgan fingerprint density at radius 3 is 2.49 bits per heavy atom. The topological polar surface area (TPSA) is 94.0 Å². The van der Waals surface area contributed by atoms with Crippen molar-refractivity contribution in [3.8, 4) is 6.07 Å². The van der Waals surface area contributed by atoms with Crippen molar-refractivity contribution in [3.05, 3.63) is 92.7 Å². The van der Waals surface area contributed by atoms with Crippen LogP contribution in [0.4, 0.5) is 24.5 Å². The van der Waals surface area contributed by atoms with Gasteiger partial charge in [0.1, 0.15) is 22.9 Å². The molecule has 2 heterocycles. The number of rotatable bonds is 4. The molecule has 1 spiro atoms. The zero-order chi connectivity index (χ0) is 29.9. The van der Waals surface area contributed by atoms with Gasteiger partial charge < -0.3 is 16.0 Å². The van der Waals surface area contributed by atoms with E-state index in [1.54, 1.807) is 0 Å². The lowest BCUT2D eigenvalue weighted by Crippen LogP contribution is -2.50. The van der Waals surface area contributed by atoms with Crippen LogP contribution in [0.25, 0.3) is 0 Å². The lowest BCUT2D eigenvalue weighted by atomic mass is 9.62. The van der Waals surface area contributed by atoms with E-state index in [1.165, 1.54) is 36.4 Å². The summed E-state index contributed by atoms with van der Waals surface area (Å²) in [5.41, 5.74) is -2.42. The molecule has 5 rings (SSSR count). The van der Waals surface area contributed by atoms with E-state index < -0.39 is 58.1 Å². The first kappa shape index (κ1) is 28.9. The number of hydrogen-bond acceptors (Lipinski definition) is 4. The molecule has 3 N–H and O–H groups in total. The van der Waals surface area contributed by atoms with Gasteiger partial charge in [0.05, 0.1) is 28.4 Å². The van der Waals surface area contributed by atoms with Gasteiger partial charge in [-0.1, -0.05) is 56.1 Å². The third-order valence-electron chi connectivity index (χ3n) is 7.62. The molecule has 0 saturated carbocycles. The first-order valence-corrected chi connectivity index (χ1v) is 13.5. The van der Waals surface area contributed by atoms with Crippen molar-refractivity contribution in [1.29, 1.82) is 5.26 Å². The largest absolute Gasteiger partial charge is 0.325 e. The molecule has 2 aliphatic heterocycles. The second-order valence-corrected chi connectivity index (χ2v) is 12.4. The highest BCUT2D eigenvalue weighted by atomic mass is 35.5. The molecule has 11 heteroatoms. The minimum atomic E-state index is -1.81. The maximum Gasteiger partial charge on any atom is 0.242 e. The summed E-state index contributed by atoms with van der Waals surface area (Å²) in [4.78, 5) is 28.0. The molecule has 41 heavy (non-hydrogen) atoms. The van der Waals surface area contributed by atoms with Gasteiger partial charge in [-0.3, -0.25) is 9.59 Å². The van der Waals surface area contributed by atoms with Crippen LogP contribution in [0, 0.1) is 34.2 Å². The predicted molar refractivity (Wildman–Crippen MR) is 150 cm³/mol. The number of nitrogens with zero attached hydrogens (tertiary/aromatic N) is 1. The van der Waals surface area contributed by atoms with Crippen LogP contribution >= 0.6 is 23.2 Å². The zero-order valence-electron chi connectivity index (χ0n) is 22.2. The van der Waals surface area contributed by atoms with Crippen molar-refractivity contribution < 1.29 is 22.8 Å². The summed E-state index contributed by atoms with van der Waals surface area (Å²) >= 11 is 12.3. The summed E-state index contributed by atoms with van der Waals surface area (Å²) in [5, 5.41) is 17.3. The summed E-state index contributed by atoms with van der Waals surface area (Å²) < 4.78 is 46.5. The molecule has 212 valence electrons. The van der Waals surface area contributed by atoms with Gasteiger partial charge in [0.25, 0.3) is 0 Å². The van der Waals surface area contributed by atoms with Gasteiger partial charge in [0.15, 0.2) is 0 Å². The highest BCUT2D eigenvalue weighted by Gasteiger charge is 2.67. The smallest absolute Gasteiger partial charge is 0.242 e. The second-order valence-electron chi connectivity index (χ2n) is 11.5. The maximum atomic E-state index is 15.9. The Balaban J connectivity index is 1.75. The Bertz CT molecular complexity index is 1640. The standard InChI is InChI=1S/C30H25Cl2F3N4O2/c1-29(2,3)12-22-30(24-19(34)10-15(31)11-21(24)38-28(30)41)23(16-5-4-6-17(32)25(16)35)26(39-22)27(40)37-20-8-7-14(13-36)9-18(20)33/h4-11,22-23,26,39H,12H2,1-3H3,(H,37,40)(H,38,41)/t22-,23+,26+,30?/m0/s1. The van der Waals surface area contributed by atoms with Crippen molar-refractivity contribution in [2.75, 3.05) is 10.6 Å². The number of amides is 2. The van der Waals surface area contributed by atoms with E-state index >= 15 is 8.78 Å². The van der Waals surface area contributed by atoms with Crippen LogP contribution in [-0.4, -0.2) is 23.9 Å². The van der Waals surface area contributed by atoms with E-state index in [0.717, 1.165) is 12.1 Å². The maximum absolute atomic E-state index is 15.9. The van der Waals surface area contributed by atoms with E-state index in [-0.39, 0.29) is 44.5 Å². The third-order valence-corrected chi connectivity index (χ3v) is 8.13. The predicted octanol–water partition coefficient (Wildman–Crippen LogP) is 6.67. The fourth-order valence-corrected chi connectivity index (χ4v) is 6.51. The summed E-state index contributed by atoms with van der Waals surface area (Å²) in [6, 6.07) is 9.83. The molecule has 2 aliphatic rings. The molecule has 3 aromatic carbocycles. The number of nitriles is 1. The summed E-state index contributed by atoms with van der Waals surface area (Å²) in [6.45, 7) is 5.76. The highest BCUT2D eigenvalue weighted by molar-refractivity contribution is 6.31. The molecule has 0 aromatic heterocycles. The number of nitrogens with one attached hydrogen (secondary N) is 3. The SMILES string of the molecule is CC(C)(C)C[C@@H]1N[C@@H](C(=O)Nc2ccc(C#N)cc2F)[C@@H](c2cccc(Cl)c2F)C12C(=O)Nc1cc(Cl)cc(F)c12. The van der Waals surface area contributed by atoms with Crippen LogP contribution in [0.3, 0.4) is 0 Å². The molecule has 0 bridgehead atoms. The molecular formula is C30H25Cl2F3N4O2. The fraction of sp³-hybridized carbons (Fsp3) is 0.300. The number of fused-ring (bicyclic) bond motifs is 2. The summed E-state index contributed by atoms with van der Waals surface area (Å²) in [7, 11) is 0. The summed E-state index contributed by atoms with van der Waals surface area (Å²) in [5.74, 6) is -5.25. The van der Waals surface area contributed by atoms with Gasteiger partial charge in [-0.2, -0.15) is 5.26 Å². The highest BCUT2D eigenvalue weighted by Crippen LogP contribution is 2.58. The van der Waals surface area contributed by atoms with Crippen LogP contribution in [0.15, 0.2) is 48.5 Å². The van der Waals surface area contributed by atoms with Crippen LogP contribution in [0.1, 0.15) is 49.8 Å². The van der Waals surface area contributed by atoms with Crippen molar-refractivity contribution in [2.24, 2.45) is 5.41 Å². The van der Waals surface area contributed by atoms with E-state index in [4.69, 9.17) is 28.5 Å². The third kappa shape index (κ3) is 4.84. The Morgan fingerprint density at radius 2 is 1.83 bits per heavy atom. The van der Waals surface area contributed by atoms with Crippen LogP contribution in [0.2, 0.25) is 10.0 Å².